The van der Waals surface area contributed by atoms with Crippen LogP contribution < -0.4 is 0 Å². The van der Waals surface area contributed by atoms with E-state index in [1.165, 1.54) is 0 Å². The van der Waals surface area contributed by atoms with Gasteiger partial charge in [0.05, 0.1) is 0 Å². The minimum Gasteiger partial charge on any atom is -0.443 e. The van der Waals surface area contributed by atoms with Crippen LogP contribution in [0.3, 0.4) is 0 Å². The highest BCUT2D eigenvalue weighted by Crippen LogP contribution is 2.16. The van der Waals surface area contributed by atoms with Crippen LogP contribution in [0.25, 0.3) is 0 Å². The molecule has 0 aliphatic heterocycles. The van der Waals surface area contributed by atoms with Crippen molar-refractivity contribution in [3.63, 3.8) is 0 Å². The molecule has 2 amide bonds. The second-order valence-corrected chi connectivity index (χ2v) is 9.88. The van der Waals surface area contributed by atoms with Crippen molar-refractivity contribution in [2.45, 2.75) is 97.7 Å². The summed E-state index contributed by atoms with van der Waals surface area (Å²) < 4.78 is 10.7. The molecule has 0 aliphatic rings. The normalized spacial score (nSPS) is 12.2. The third-order valence-electron chi connectivity index (χ3n) is 4.35. The van der Waals surface area contributed by atoms with Crippen LogP contribution in [0.5, 0.6) is 0 Å². The Hall–Kier alpha value is -1.38. The number of nitrogens with zero attached hydrogens (tertiary/aromatic N) is 2. The van der Waals surface area contributed by atoms with E-state index in [1.54, 1.807) is 41.5 Å². The Labute approximate surface area is 188 Å². The zero-order chi connectivity index (χ0) is 23.9. The van der Waals surface area contributed by atoms with E-state index in [0.717, 1.165) is 63.1 Å². The van der Waals surface area contributed by atoms with E-state index >= 15 is 0 Å². The summed E-state index contributed by atoms with van der Waals surface area (Å²) in [6.07, 6.45) is 4.83. The average Bonchev–Trinajstić information content (AvgIpc) is 2.62. The first-order valence-electron chi connectivity index (χ1n) is 11.6. The van der Waals surface area contributed by atoms with Crippen molar-refractivity contribution in [2.24, 2.45) is 0 Å². The maximum Gasteiger partial charge on any atom is 0.419 e. The van der Waals surface area contributed by atoms with Crippen molar-refractivity contribution < 1.29 is 29.3 Å². The quantitative estimate of drug-likeness (QED) is 0.386. The third-order valence-corrected chi connectivity index (χ3v) is 4.35. The number of unbranched alkanes of at least 4 members (excludes halogenated alkanes) is 4. The fourth-order valence-electron chi connectivity index (χ4n) is 2.95. The van der Waals surface area contributed by atoms with Crippen LogP contribution >= 0.6 is 0 Å². The summed E-state index contributed by atoms with van der Waals surface area (Å²) >= 11 is 0. The lowest BCUT2D eigenvalue weighted by molar-refractivity contribution is 0.00118. The topological polar surface area (TPSA) is 99.5 Å². The lowest BCUT2D eigenvalue weighted by Gasteiger charge is -2.28. The Morgan fingerprint density at radius 1 is 0.613 bits per heavy atom. The molecule has 0 aromatic rings. The molecule has 0 saturated heterocycles. The van der Waals surface area contributed by atoms with E-state index in [2.05, 4.69) is 4.90 Å². The number of imide groups is 1. The van der Waals surface area contributed by atoms with Crippen molar-refractivity contribution >= 4 is 12.2 Å². The van der Waals surface area contributed by atoms with Crippen LogP contribution in [0.1, 0.15) is 86.5 Å². The van der Waals surface area contributed by atoms with Crippen molar-refractivity contribution in [2.75, 3.05) is 39.4 Å². The van der Waals surface area contributed by atoms with Gasteiger partial charge in [-0.25, -0.2) is 14.5 Å². The zero-order valence-corrected chi connectivity index (χ0v) is 20.6. The molecule has 0 aliphatic carbocycles. The summed E-state index contributed by atoms with van der Waals surface area (Å²) in [4.78, 5) is 28.3. The van der Waals surface area contributed by atoms with Crippen LogP contribution in [-0.2, 0) is 9.47 Å². The minimum atomic E-state index is -0.685. The van der Waals surface area contributed by atoms with Gasteiger partial charge in [0.25, 0.3) is 0 Å². The molecule has 0 atom stereocenters. The first-order valence-corrected chi connectivity index (χ1v) is 11.6. The molecule has 31 heavy (non-hydrogen) atoms. The molecule has 0 fully saturated rings. The molecule has 0 unspecified atom stereocenters. The first kappa shape index (κ1) is 29.6. The summed E-state index contributed by atoms with van der Waals surface area (Å²) in [5.41, 5.74) is -1.37. The van der Waals surface area contributed by atoms with E-state index in [4.69, 9.17) is 19.7 Å². The molecule has 0 heterocycles. The molecule has 0 rings (SSSR count). The number of hydrogen-bond acceptors (Lipinski definition) is 7. The molecule has 8 heteroatoms. The van der Waals surface area contributed by atoms with Crippen LogP contribution in [0.2, 0.25) is 0 Å². The molecule has 0 saturated carbocycles. The van der Waals surface area contributed by atoms with E-state index in [-0.39, 0.29) is 19.8 Å². The molecular weight excluding hydrogens is 400 g/mol. The number of carbonyl (C=O) groups excluding carboxylic acids is 2. The minimum absolute atomic E-state index is 0.182. The van der Waals surface area contributed by atoms with Gasteiger partial charge < -0.3 is 24.6 Å². The largest absolute Gasteiger partial charge is 0.443 e. The molecule has 0 spiro atoms. The Morgan fingerprint density at radius 3 is 1.35 bits per heavy atom. The SMILES string of the molecule is CC(C)(C)OC(=O)N(CCCCCCCN(CCCO)CCCO)C(=O)OC(C)(C)C. The van der Waals surface area contributed by atoms with Gasteiger partial charge >= 0.3 is 12.2 Å². The van der Waals surface area contributed by atoms with E-state index in [0.29, 0.717) is 6.42 Å². The lowest BCUT2D eigenvalue weighted by atomic mass is 10.1. The number of aliphatic hydroxyl groups is 2. The Balaban J connectivity index is 4.42. The standard InChI is InChI=1S/C23H46N2O6/c1-22(2,3)30-20(28)25(21(29)31-23(4,5)6)17-11-9-7-8-10-14-24(15-12-18-26)16-13-19-27/h26-27H,7-19H2,1-6H3. The van der Waals surface area contributed by atoms with Gasteiger partial charge in [0.1, 0.15) is 11.2 Å². The smallest absolute Gasteiger partial charge is 0.419 e. The number of ether oxygens (including phenoxy) is 2. The summed E-state index contributed by atoms with van der Waals surface area (Å²) in [7, 11) is 0. The molecular formula is C23H46N2O6. The number of aliphatic hydroxyl groups excluding tert-OH is 2. The number of amides is 2. The number of carbonyl (C=O) groups is 2. The van der Waals surface area contributed by atoms with Crippen molar-refractivity contribution in [3.05, 3.63) is 0 Å². The molecule has 2 N–H and O–H groups in total. The van der Waals surface area contributed by atoms with Gasteiger partial charge in [-0.15, -0.1) is 0 Å². The molecule has 8 nitrogen and oxygen atoms in total. The van der Waals surface area contributed by atoms with Gasteiger partial charge in [0.2, 0.25) is 0 Å². The van der Waals surface area contributed by atoms with Crippen molar-refractivity contribution in [3.8, 4) is 0 Å². The van der Waals surface area contributed by atoms with Gasteiger partial charge in [0, 0.05) is 32.8 Å². The summed E-state index contributed by atoms with van der Waals surface area (Å²) in [5, 5.41) is 18.0. The fourth-order valence-corrected chi connectivity index (χ4v) is 2.95. The van der Waals surface area contributed by atoms with Crippen LogP contribution in [-0.4, -0.2) is 82.8 Å². The number of rotatable bonds is 14. The summed E-state index contributed by atoms with van der Waals surface area (Å²) in [6.45, 7) is 13.9. The number of hydrogen-bond donors (Lipinski definition) is 2. The third kappa shape index (κ3) is 16.9. The molecule has 0 radical (unpaired) electrons. The highest BCUT2D eigenvalue weighted by atomic mass is 16.6. The van der Waals surface area contributed by atoms with E-state index < -0.39 is 23.4 Å². The monoisotopic (exact) mass is 446 g/mol. The maximum absolute atomic E-state index is 12.5. The van der Waals surface area contributed by atoms with Crippen molar-refractivity contribution in [1.29, 1.82) is 0 Å². The highest BCUT2D eigenvalue weighted by Gasteiger charge is 2.30. The van der Waals surface area contributed by atoms with Gasteiger partial charge in [-0.1, -0.05) is 19.3 Å². The van der Waals surface area contributed by atoms with Gasteiger partial charge in [-0.3, -0.25) is 0 Å². The second kappa shape index (κ2) is 15.4. The van der Waals surface area contributed by atoms with Gasteiger partial charge in [0.15, 0.2) is 0 Å². The Morgan fingerprint density at radius 2 is 0.968 bits per heavy atom. The second-order valence-electron chi connectivity index (χ2n) is 9.88. The predicted octanol–water partition coefficient (Wildman–Crippen LogP) is 4.18. The van der Waals surface area contributed by atoms with Crippen LogP contribution in [0.4, 0.5) is 9.59 Å². The molecule has 0 aromatic heterocycles. The van der Waals surface area contributed by atoms with Gasteiger partial charge in [-0.2, -0.15) is 0 Å². The van der Waals surface area contributed by atoms with E-state index in [9.17, 15) is 9.59 Å². The Bertz CT molecular complexity index is 463. The summed E-state index contributed by atoms with van der Waals surface area (Å²) in [6, 6.07) is 0. The van der Waals surface area contributed by atoms with Gasteiger partial charge in [-0.05, 0) is 73.8 Å². The summed E-state index contributed by atoms with van der Waals surface area (Å²) in [5.74, 6) is 0. The van der Waals surface area contributed by atoms with E-state index in [1.807, 2.05) is 0 Å². The van der Waals surface area contributed by atoms with Crippen molar-refractivity contribution in [1.82, 2.24) is 9.80 Å². The average molecular weight is 447 g/mol. The molecule has 0 aromatic carbocycles. The van der Waals surface area contributed by atoms with Crippen LogP contribution in [0, 0.1) is 0 Å². The lowest BCUT2D eigenvalue weighted by Crippen LogP contribution is -2.44. The molecule has 184 valence electrons. The molecule has 0 bridgehead atoms. The maximum atomic E-state index is 12.5. The first-order chi connectivity index (χ1) is 14.4. The Kier molecular flexibility index (Phi) is 14.7. The predicted molar refractivity (Wildman–Crippen MR) is 122 cm³/mol. The van der Waals surface area contributed by atoms with Crippen LogP contribution in [0.15, 0.2) is 0 Å². The fraction of sp³-hybridized carbons (Fsp3) is 0.913. The highest BCUT2D eigenvalue weighted by molar-refractivity contribution is 5.88. The zero-order valence-electron chi connectivity index (χ0n) is 20.6.